The molecule has 0 aliphatic heterocycles. The Morgan fingerprint density at radius 1 is 1.07 bits per heavy atom. The van der Waals surface area contributed by atoms with Crippen molar-refractivity contribution in [3.63, 3.8) is 0 Å². The summed E-state index contributed by atoms with van der Waals surface area (Å²) in [5.41, 5.74) is 4.54. The van der Waals surface area contributed by atoms with E-state index in [-0.39, 0.29) is 22.9 Å². The maximum absolute atomic E-state index is 11.4. The maximum Gasteiger partial charge on any atom is 0.302 e. The number of rotatable bonds is 2. The first kappa shape index (κ1) is 19.0. The van der Waals surface area contributed by atoms with Crippen LogP contribution in [0.4, 0.5) is 0 Å². The summed E-state index contributed by atoms with van der Waals surface area (Å²) in [6.07, 6.45) is 18.5. The third-order valence-electron chi connectivity index (χ3n) is 8.81. The summed E-state index contributed by atoms with van der Waals surface area (Å²) in [7, 11) is 0. The molecule has 0 unspecified atom stereocenters. The Morgan fingerprint density at radius 3 is 2.66 bits per heavy atom. The lowest BCUT2D eigenvalue weighted by atomic mass is 9.47. The molecule has 0 amide bonds. The number of fused-ring (bicyclic) bond motifs is 5. The van der Waals surface area contributed by atoms with Crippen LogP contribution in [0.25, 0.3) is 5.57 Å². The van der Waals surface area contributed by atoms with E-state index in [2.05, 4.69) is 36.0 Å². The molecule has 0 bridgehead atoms. The van der Waals surface area contributed by atoms with Crippen LogP contribution in [0.15, 0.2) is 36.3 Å². The molecule has 1 aromatic heterocycles. The van der Waals surface area contributed by atoms with Crippen molar-refractivity contribution in [2.45, 2.75) is 71.8 Å². The smallest absolute Gasteiger partial charge is 0.302 e. The molecule has 4 nitrogen and oxygen atoms in total. The molecule has 1 heterocycles. The summed E-state index contributed by atoms with van der Waals surface area (Å²) >= 11 is 0. The normalized spacial score (nSPS) is 40.8. The van der Waals surface area contributed by atoms with Crippen molar-refractivity contribution in [2.24, 2.45) is 28.6 Å². The molecule has 1 aromatic rings. The van der Waals surface area contributed by atoms with E-state index in [0.29, 0.717) is 5.92 Å². The summed E-state index contributed by atoms with van der Waals surface area (Å²) in [6, 6.07) is 0. The number of esters is 1. The van der Waals surface area contributed by atoms with Gasteiger partial charge in [-0.25, -0.2) is 0 Å². The lowest BCUT2D eigenvalue weighted by Gasteiger charge is -2.57. The molecule has 4 heteroatoms. The van der Waals surface area contributed by atoms with E-state index in [9.17, 15) is 4.79 Å². The predicted octanol–water partition coefficient (Wildman–Crippen LogP) is 5.36. The van der Waals surface area contributed by atoms with Gasteiger partial charge in [0.2, 0.25) is 0 Å². The van der Waals surface area contributed by atoms with Gasteiger partial charge >= 0.3 is 5.97 Å². The first-order chi connectivity index (χ1) is 13.9. The van der Waals surface area contributed by atoms with Gasteiger partial charge in [-0.2, -0.15) is 0 Å². The first-order valence-corrected chi connectivity index (χ1v) is 11.3. The molecule has 4 aliphatic rings. The fourth-order valence-corrected chi connectivity index (χ4v) is 7.37. The number of allylic oxidation sites excluding steroid dienone is 3. The molecule has 2 saturated carbocycles. The Labute approximate surface area is 173 Å². The van der Waals surface area contributed by atoms with Crippen LogP contribution in [0, 0.1) is 28.6 Å². The summed E-state index contributed by atoms with van der Waals surface area (Å²) in [4.78, 5) is 20.4. The standard InChI is InChI=1S/C25H32N2O2/c1-16(28)29-18-8-10-24(2)17(14-18)4-5-19-20-6-7-22(23-15-26-12-13-27-23)25(20,3)11-9-21(19)24/h4,7,12-13,15,18-21H,5-6,8-11,14H2,1-3H3/t18-,19-,20-,21-,24-,25-/m0/s1. The highest BCUT2D eigenvalue weighted by Crippen LogP contribution is 2.66. The Balaban J connectivity index is 1.41. The molecule has 4 aliphatic carbocycles. The van der Waals surface area contributed by atoms with Crippen LogP contribution in [-0.4, -0.2) is 22.0 Å². The quantitative estimate of drug-likeness (QED) is 0.502. The monoisotopic (exact) mass is 392 g/mol. The van der Waals surface area contributed by atoms with E-state index in [4.69, 9.17) is 4.74 Å². The molecular weight excluding hydrogens is 360 g/mol. The molecule has 5 rings (SSSR count). The summed E-state index contributed by atoms with van der Waals surface area (Å²) in [5.74, 6) is 2.03. The number of ether oxygens (including phenoxy) is 1. The van der Waals surface area contributed by atoms with Gasteiger partial charge in [-0.05, 0) is 72.7 Å². The van der Waals surface area contributed by atoms with Crippen molar-refractivity contribution in [3.05, 3.63) is 42.0 Å². The molecule has 154 valence electrons. The van der Waals surface area contributed by atoms with Gasteiger partial charge < -0.3 is 4.74 Å². The Bertz CT molecular complexity index is 876. The highest BCUT2D eigenvalue weighted by molar-refractivity contribution is 5.70. The molecule has 6 atom stereocenters. The van der Waals surface area contributed by atoms with Gasteiger partial charge in [0.15, 0.2) is 0 Å². The van der Waals surface area contributed by atoms with Crippen molar-refractivity contribution in [3.8, 4) is 0 Å². The zero-order valence-electron chi connectivity index (χ0n) is 17.9. The first-order valence-electron chi connectivity index (χ1n) is 11.3. The third kappa shape index (κ3) is 2.90. The number of hydrogen-bond donors (Lipinski definition) is 0. The van der Waals surface area contributed by atoms with Gasteiger partial charge in [-0.3, -0.25) is 14.8 Å². The predicted molar refractivity (Wildman–Crippen MR) is 113 cm³/mol. The van der Waals surface area contributed by atoms with Crippen molar-refractivity contribution < 1.29 is 9.53 Å². The van der Waals surface area contributed by atoms with Crippen molar-refractivity contribution >= 4 is 11.5 Å². The van der Waals surface area contributed by atoms with Crippen molar-refractivity contribution in [1.29, 1.82) is 0 Å². The fraction of sp³-hybridized carbons (Fsp3) is 0.640. The minimum absolute atomic E-state index is 0.0774. The minimum atomic E-state index is -0.144. The number of aromatic nitrogens is 2. The summed E-state index contributed by atoms with van der Waals surface area (Å²) in [6.45, 7) is 6.50. The molecule has 0 N–H and O–H groups in total. The van der Waals surface area contributed by atoms with Crippen molar-refractivity contribution in [1.82, 2.24) is 9.97 Å². The molecule has 2 fully saturated rings. The Hall–Kier alpha value is -1.97. The van der Waals surface area contributed by atoms with Crippen LogP contribution in [0.5, 0.6) is 0 Å². The number of nitrogens with zero attached hydrogens (tertiary/aromatic N) is 2. The summed E-state index contributed by atoms with van der Waals surface area (Å²) in [5, 5.41) is 0. The van der Waals surface area contributed by atoms with Crippen molar-refractivity contribution in [2.75, 3.05) is 0 Å². The Kier molecular flexibility index (Phi) is 4.45. The van der Waals surface area contributed by atoms with Gasteiger partial charge in [-0.1, -0.05) is 31.6 Å². The van der Waals surface area contributed by atoms with E-state index in [0.717, 1.165) is 36.8 Å². The molecule has 0 spiro atoms. The average molecular weight is 393 g/mol. The van der Waals surface area contributed by atoms with Gasteiger partial charge in [-0.15, -0.1) is 0 Å². The lowest BCUT2D eigenvalue weighted by molar-refractivity contribution is -0.148. The molecule has 0 radical (unpaired) electrons. The number of carbonyl (C=O) groups is 1. The zero-order valence-corrected chi connectivity index (χ0v) is 17.9. The molecule has 29 heavy (non-hydrogen) atoms. The molecule has 0 saturated heterocycles. The largest absolute Gasteiger partial charge is 0.462 e. The Morgan fingerprint density at radius 2 is 1.90 bits per heavy atom. The van der Waals surface area contributed by atoms with Gasteiger partial charge in [0.05, 0.1) is 11.9 Å². The summed E-state index contributed by atoms with van der Waals surface area (Å²) < 4.78 is 5.57. The third-order valence-corrected chi connectivity index (χ3v) is 8.81. The van der Waals surface area contributed by atoms with Crippen LogP contribution in [-0.2, 0) is 9.53 Å². The highest BCUT2D eigenvalue weighted by atomic mass is 16.5. The highest BCUT2D eigenvalue weighted by Gasteiger charge is 2.57. The fourth-order valence-electron chi connectivity index (χ4n) is 7.37. The van der Waals surface area contributed by atoms with Gasteiger partial charge in [0.25, 0.3) is 0 Å². The van der Waals surface area contributed by atoms with Crippen LogP contribution in [0.2, 0.25) is 0 Å². The second-order valence-corrected chi connectivity index (χ2v) is 10.1. The van der Waals surface area contributed by atoms with Gasteiger partial charge in [0, 0.05) is 25.7 Å². The van der Waals surface area contributed by atoms with E-state index in [1.165, 1.54) is 38.2 Å². The number of hydrogen-bond acceptors (Lipinski definition) is 4. The number of carbonyl (C=O) groups excluding carboxylic acids is 1. The van der Waals surface area contributed by atoms with Crippen LogP contribution in [0.1, 0.15) is 71.4 Å². The van der Waals surface area contributed by atoms with Crippen LogP contribution < -0.4 is 0 Å². The van der Waals surface area contributed by atoms with E-state index in [1.54, 1.807) is 11.8 Å². The average Bonchev–Trinajstić information content (AvgIpc) is 3.06. The molecular formula is C25H32N2O2. The minimum Gasteiger partial charge on any atom is -0.462 e. The van der Waals surface area contributed by atoms with Crippen LogP contribution in [0.3, 0.4) is 0 Å². The zero-order chi connectivity index (χ0) is 20.2. The molecule has 0 aromatic carbocycles. The van der Waals surface area contributed by atoms with E-state index < -0.39 is 0 Å². The van der Waals surface area contributed by atoms with E-state index >= 15 is 0 Å². The lowest BCUT2D eigenvalue weighted by Crippen LogP contribution is -2.50. The maximum atomic E-state index is 11.4. The van der Waals surface area contributed by atoms with Gasteiger partial charge in [0.1, 0.15) is 6.10 Å². The van der Waals surface area contributed by atoms with Crippen LogP contribution >= 0.6 is 0 Å². The van der Waals surface area contributed by atoms with E-state index in [1.807, 2.05) is 12.4 Å². The SMILES string of the molecule is CC(=O)O[C@H]1CC[C@@]2(C)C(=CC[C@@H]3[C@@H]2CC[C@]2(C)C(c4cnccn4)=CC[C@@H]32)C1. The topological polar surface area (TPSA) is 52.1 Å². The second-order valence-electron chi connectivity index (χ2n) is 10.1. The second kappa shape index (κ2) is 6.78.